The van der Waals surface area contributed by atoms with Gasteiger partial charge in [0.05, 0.1) is 17.8 Å². The standard InChI is InChI=1S/C24H29N6O6P/c1-3-34-18-10-17(11-18)30-14-20(23(28-30)19-6-4-5-9-25-19)27-24(31)22-8-7-21(36-22)16-12-26-29(13-16)15-35-37(2,32)33/h4-9,12-14,17-18,32-33,37H,3,10-11,15H2,1-2H3,(H,27,31). The molecule has 0 saturated heterocycles. The fourth-order valence-corrected chi connectivity index (χ4v) is 4.41. The molecule has 4 aromatic heterocycles. The van der Waals surface area contributed by atoms with E-state index in [0.29, 0.717) is 35.0 Å². The fraction of sp³-hybridized carbons (Fsp3) is 0.333. The third kappa shape index (κ3) is 5.95. The average molecular weight is 529 g/mol. The van der Waals surface area contributed by atoms with Crippen LogP contribution < -0.4 is 5.32 Å². The molecule has 0 aliphatic heterocycles. The molecule has 1 aliphatic carbocycles. The van der Waals surface area contributed by atoms with Crippen LogP contribution in [0, 0.1) is 0 Å². The summed E-state index contributed by atoms with van der Waals surface area (Å²) in [6.45, 7) is 3.79. The first-order valence-electron chi connectivity index (χ1n) is 11.9. The van der Waals surface area contributed by atoms with E-state index in [-0.39, 0.29) is 24.6 Å². The number of ether oxygens (including phenoxy) is 1. The Kier molecular flexibility index (Phi) is 7.18. The van der Waals surface area contributed by atoms with E-state index in [2.05, 4.69) is 15.4 Å². The summed E-state index contributed by atoms with van der Waals surface area (Å²) in [6.07, 6.45) is 8.62. The molecule has 4 aromatic rings. The van der Waals surface area contributed by atoms with Gasteiger partial charge in [0.1, 0.15) is 0 Å². The van der Waals surface area contributed by atoms with Crippen LogP contribution >= 0.6 is 7.94 Å². The molecule has 3 N–H and O–H groups in total. The first kappa shape index (κ1) is 25.2. The number of furan rings is 1. The molecule has 5 rings (SSSR count). The number of carbonyl (C=O) groups excluding carboxylic acids is 1. The van der Waals surface area contributed by atoms with Crippen molar-refractivity contribution in [2.24, 2.45) is 0 Å². The summed E-state index contributed by atoms with van der Waals surface area (Å²) in [4.78, 5) is 36.3. The number of anilines is 1. The number of rotatable bonds is 10. The predicted octanol–water partition coefficient (Wildman–Crippen LogP) is 3.48. The summed E-state index contributed by atoms with van der Waals surface area (Å²) in [5, 5.41) is 11.8. The summed E-state index contributed by atoms with van der Waals surface area (Å²) >= 11 is 0. The topological polar surface area (TPSA) is 150 Å². The van der Waals surface area contributed by atoms with Crippen LogP contribution in [0.5, 0.6) is 0 Å². The zero-order valence-electron chi connectivity index (χ0n) is 20.4. The smallest absolute Gasteiger partial charge is 0.254 e. The third-order valence-corrected chi connectivity index (χ3v) is 6.63. The third-order valence-electron chi connectivity index (χ3n) is 5.95. The van der Waals surface area contributed by atoms with Gasteiger partial charge in [0.25, 0.3) is 0 Å². The molecule has 0 spiro atoms. The fourth-order valence-electron chi connectivity index (χ4n) is 4.04. The van der Waals surface area contributed by atoms with Gasteiger partial charge in [-0.3, -0.25) is 9.67 Å². The van der Waals surface area contributed by atoms with Crippen molar-refractivity contribution in [3.63, 3.8) is 0 Å². The van der Waals surface area contributed by atoms with Crippen LogP contribution in [0.4, 0.5) is 5.69 Å². The Morgan fingerprint density at radius 2 is 2.08 bits per heavy atom. The SMILES string of the molecule is CCOC1CC(n2cc(NC(=O)c3ccc(-c4cnn(CO[PH](C)(O)O)c4)o3)c(-c3ccccn3)n2)C1. The first-order valence-corrected chi connectivity index (χ1v) is 14.2. The summed E-state index contributed by atoms with van der Waals surface area (Å²) in [7, 11) is -3.65. The van der Waals surface area contributed by atoms with Crippen LogP contribution in [-0.2, 0) is 16.0 Å². The van der Waals surface area contributed by atoms with Crippen LogP contribution in [-0.4, -0.2) is 59.6 Å². The molecule has 1 fully saturated rings. The number of hydrogen-bond acceptors (Lipinski definition) is 9. The molecule has 0 bridgehead atoms. The van der Waals surface area contributed by atoms with Gasteiger partial charge < -0.3 is 4.74 Å². The molecule has 1 amide bonds. The van der Waals surface area contributed by atoms with Crippen molar-refractivity contribution >= 4 is 19.5 Å². The number of carbonyl (C=O) groups is 1. The van der Waals surface area contributed by atoms with Gasteiger partial charge in [-0.05, 0) is 31.9 Å². The van der Waals surface area contributed by atoms with E-state index in [9.17, 15) is 14.6 Å². The zero-order valence-corrected chi connectivity index (χ0v) is 21.4. The Hall–Kier alpha value is -3.41. The second-order valence-electron chi connectivity index (χ2n) is 8.88. The molecule has 0 atom stereocenters. The van der Waals surface area contributed by atoms with E-state index >= 15 is 0 Å². The molecular weight excluding hydrogens is 499 g/mol. The molecule has 0 aromatic carbocycles. The summed E-state index contributed by atoms with van der Waals surface area (Å²) in [5.41, 5.74) is 2.37. The van der Waals surface area contributed by atoms with Gasteiger partial charge in [0.2, 0.25) is 0 Å². The molecule has 1 aliphatic rings. The van der Waals surface area contributed by atoms with Gasteiger partial charge in [-0.15, -0.1) is 0 Å². The van der Waals surface area contributed by atoms with Crippen LogP contribution in [0.3, 0.4) is 0 Å². The monoisotopic (exact) mass is 528 g/mol. The molecule has 37 heavy (non-hydrogen) atoms. The Balaban J connectivity index is 1.31. The molecular formula is C24H29N6O6P. The maximum atomic E-state index is 13.1. The van der Waals surface area contributed by atoms with Gasteiger partial charge in [-0.1, -0.05) is 6.07 Å². The van der Waals surface area contributed by atoms with Crippen molar-refractivity contribution in [1.29, 1.82) is 0 Å². The van der Waals surface area contributed by atoms with E-state index in [1.165, 1.54) is 17.5 Å². The van der Waals surface area contributed by atoms with E-state index in [1.807, 2.05) is 36.0 Å². The number of aromatic nitrogens is 5. The minimum atomic E-state index is -3.65. The number of hydrogen-bond donors (Lipinski definition) is 3. The molecule has 4 heterocycles. The Bertz CT molecular complexity index is 1360. The van der Waals surface area contributed by atoms with Crippen LogP contribution in [0.25, 0.3) is 22.7 Å². The van der Waals surface area contributed by atoms with Gasteiger partial charge in [0.15, 0.2) is 0 Å². The molecule has 1 saturated carbocycles. The predicted molar refractivity (Wildman–Crippen MR) is 137 cm³/mol. The van der Waals surface area contributed by atoms with Crippen molar-refractivity contribution in [3.05, 3.63) is 60.9 Å². The van der Waals surface area contributed by atoms with Crippen molar-refractivity contribution in [2.75, 3.05) is 18.6 Å². The van der Waals surface area contributed by atoms with Gasteiger partial charge in [-0.25, -0.2) is 0 Å². The van der Waals surface area contributed by atoms with Crippen molar-refractivity contribution < 1.29 is 28.3 Å². The van der Waals surface area contributed by atoms with Crippen LogP contribution in [0.2, 0.25) is 0 Å². The number of pyridine rings is 1. The second-order valence-corrected chi connectivity index (χ2v) is 11.0. The Morgan fingerprint density at radius 3 is 2.81 bits per heavy atom. The zero-order chi connectivity index (χ0) is 26.0. The van der Waals surface area contributed by atoms with E-state index in [4.69, 9.17) is 18.8 Å². The quantitative estimate of drug-likeness (QED) is 0.263. The molecule has 0 unspecified atom stereocenters. The first-order chi connectivity index (χ1) is 17.8. The number of nitrogens with one attached hydrogen (secondary N) is 1. The van der Waals surface area contributed by atoms with Crippen molar-refractivity contribution in [1.82, 2.24) is 24.5 Å². The van der Waals surface area contributed by atoms with Gasteiger partial charge >= 0.3 is 125 Å². The van der Waals surface area contributed by atoms with Crippen molar-refractivity contribution in [2.45, 2.75) is 38.6 Å². The summed E-state index contributed by atoms with van der Waals surface area (Å²) in [5.74, 6) is 0.118. The Labute approximate surface area is 213 Å². The van der Waals surface area contributed by atoms with Crippen LogP contribution in [0.15, 0.2) is 59.5 Å². The van der Waals surface area contributed by atoms with Gasteiger partial charge in [0, 0.05) is 12.8 Å². The molecule has 12 nitrogen and oxygen atoms in total. The van der Waals surface area contributed by atoms with Crippen molar-refractivity contribution in [3.8, 4) is 22.7 Å². The molecule has 196 valence electrons. The molecule has 0 radical (unpaired) electrons. The average Bonchev–Trinajstić information content (AvgIpc) is 3.59. The van der Waals surface area contributed by atoms with Gasteiger partial charge in [-0.2, -0.15) is 5.10 Å². The van der Waals surface area contributed by atoms with E-state index < -0.39 is 13.9 Å². The minimum absolute atomic E-state index is 0.115. The molecule has 13 heteroatoms. The normalized spacial score (nSPS) is 17.9. The summed E-state index contributed by atoms with van der Waals surface area (Å²) in [6, 6.07) is 8.97. The summed E-state index contributed by atoms with van der Waals surface area (Å²) < 4.78 is 19.7. The minimum Gasteiger partial charge on any atom is -0.254 e. The van der Waals surface area contributed by atoms with Crippen LogP contribution in [0.1, 0.15) is 36.4 Å². The second kappa shape index (κ2) is 10.5. The maximum absolute atomic E-state index is 13.1. The van der Waals surface area contributed by atoms with E-state index in [1.54, 1.807) is 24.5 Å². The van der Waals surface area contributed by atoms with E-state index in [0.717, 1.165) is 12.8 Å². The number of nitrogens with zero attached hydrogens (tertiary/aromatic N) is 5. The number of amides is 1. The Morgan fingerprint density at radius 1 is 1.24 bits per heavy atom.